The molecule has 0 aliphatic heterocycles. The summed E-state index contributed by atoms with van der Waals surface area (Å²) in [5.74, 6) is 0. The second-order valence-corrected chi connectivity index (χ2v) is 6.90. The van der Waals surface area contributed by atoms with E-state index in [1.165, 1.54) is 6.92 Å². The van der Waals surface area contributed by atoms with E-state index >= 15 is 0 Å². The number of halogens is 4. The second kappa shape index (κ2) is 8.17. The molecule has 0 bridgehead atoms. The van der Waals surface area contributed by atoms with E-state index in [9.17, 15) is 25.5 Å². The number of benzene rings is 2. The number of rotatable bonds is 4. The number of nitro benzene ring substituents is 2. The van der Waals surface area contributed by atoms with Crippen molar-refractivity contribution in [3.05, 3.63) is 80.1 Å². The maximum Gasteiger partial charge on any atom is 0.295 e. The van der Waals surface area contributed by atoms with E-state index in [0.29, 0.717) is 0 Å². The van der Waals surface area contributed by atoms with Crippen LogP contribution in [0.2, 0.25) is 20.1 Å². The Balaban J connectivity index is 2.86. The van der Waals surface area contributed by atoms with Crippen LogP contribution in [-0.2, 0) is 6.42 Å². The van der Waals surface area contributed by atoms with Gasteiger partial charge in [-0.25, -0.2) is 4.85 Å². The maximum absolute atomic E-state index is 11.5. The lowest BCUT2D eigenvalue weighted by Crippen LogP contribution is -2.05. The minimum absolute atomic E-state index is 0.00157. The van der Waals surface area contributed by atoms with Crippen LogP contribution in [0.25, 0.3) is 4.85 Å². The Labute approximate surface area is 177 Å². The zero-order valence-electron chi connectivity index (χ0n) is 13.7. The lowest BCUT2D eigenvalue weighted by atomic mass is 9.94. The number of nitro groups is 2. The van der Waals surface area contributed by atoms with Crippen molar-refractivity contribution in [2.75, 3.05) is 0 Å². The molecule has 2 rings (SSSR count). The van der Waals surface area contributed by atoms with Gasteiger partial charge in [0.25, 0.3) is 11.4 Å². The summed E-state index contributed by atoms with van der Waals surface area (Å²) in [7, 11) is 0. The maximum atomic E-state index is 11.5. The van der Waals surface area contributed by atoms with Crippen molar-refractivity contribution in [1.29, 1.82) is 5.26 Å². The Kier molecular flexibility index (Phi) is 6.33. The summed E-state index contributed by atoms with van der Waals surface area (Å²) in [5.41, 5.74) is -1.48. The highest BCUT2D eigenvalue weighted by Crippen LogP contribution is 2.46. The van der Waals surface area contributed by atoms with Crippen molar-refractivity contribution < 1.29 is 9.85 Å². The molecule has 0 aromatic heterocycles. The minimum Gasteiger partial charge on any atom is -0.258 e. The van der Waals surface area contributed by atoms with Gasteiger partial charge in [0.15, 0.2) is 0 Å². The Morgan fingerprint density at radius 3 is 2.07 bits per heavy atom. The number of hydrogen-bond donors (Lipinski definition) is 0. The molecule has 142 valence electrons. The van der Waals surface area contributed by atoms with Gasteiger partial charge in [0.2, 0.25) is 5.69 Å². The fourth-order valence-corrected chi connectivity index (χ4v) is 3.65. The van der Waals surface area contributed by atoms with E-state index < -0.39 is 21.2 Å². The molecule has 0 unspecified atom stereocenters. The Morgan fingerprint density at radius 2 is 1.61 bits per heavy atom. The summed E-state index contributed by atoms with van der Waals surface area (Å²) in [5, 5.41) is 31.1. The molecular weight excluding hydrogens is 454 g/mol. The molecule has 0 amide bonds. The SMILES string of the molecule is [C-]#[N+]c1c(Cl)c(Cl)c(Cc2c([N+](=O)[O-])cc([N+](=O)[O-])c(Cl)c2C)c(C#N)c1Cl. The molecule has 0 saturated heterocycles. The van der Waals surface area contributed by atoms with Gasteiger partial charge in [-0.3, -0.25) is 20.2 Å². The molecule has 0 spiro atoms. The molecule has 12 heteroatoms. The van der Waals surface area contributed by atoms with Crippen molar-refractivity contribution in [3.8, 4) is 6.07 Å². The fourth-order valence-electron chi connectivity index (χ4n) is 2.57. The molecule has 0 radical (unpaired) electrons. The van der Waals surface area contributed by atoms with Crippen LogP contribution in [0.4, 0.5) is 17.1 Å². The van der Waals surface area contributed by atoms with Gasteiger partial charge in [0, 0.05) is 12.0 Å². The summed E-state index contributed by atoms with van der Waals surface area (Å²) < 4.78 is 0. The summed E-state index contributed by atoms with van der Waals surface area (Å²) in [6.07, 6.45) is -0.306. The number of nitrogens with zero attached hydrogens (tertiary/aromatic N) is 4. The van der Waals surface area contributed by atoms with Crippen molar-refractivity contribution in [2.45, 2.75) is 13.3 Å². The third-order valence-electron chi connectivity index (χ3n) is 3.95. The van der Waals surface area contributed by atoms with E-state index in [1.54, 1.807) is 0 Å². The number of nitriles is 1. The summed E-state index contributed by atoms with van der Waals surface area (Å²) >= 11 is 24.3. The molecule has 2 aromatic carbocycles. The monoisotopic (exact) mass is 458 g/mol. The van der Waals surface area contributed by atoms with Crippen LogP contribution in [0.3, 0.4) is 0 Å². The molecule has 0 aliphatic carbocycles. The van der Waals surface area contributed by atoms with Crippen LogP contribution in [0.5, 0.6) is 0 Å². The molecular formula is C16H6Cl4N4O4. The van der Waals surface area contributed by atoms with Crippen LogP contribution >= 0.6 is 46.4 Å². The first kappa shape index (κ1) is 21.7. The number of hydrogen-bond acceptors (Lipinski definition) is 5. The summed E-state index contributed by atoms with van der Waals surface area (Å²) in [4.78, 5) is 24.1. The average Bonchev–Trinajstić information content (AvgIpc) is 2.63. The van der Waals surface area contributed by atoms with Crippen LogP contribution in [0.1, 0.15) is 22.3 Å². The highest BCUT2D eigenvalue weighted by atomic mass is 35.5. The standard InChI is InChI=1S/C16H6Cl4N4O4/c1-6-7(10(23(25)26)4-11(12(6)17)24(27)28)3-8-9(5-21)14(19)16(22-2)15(20)13(8)18/h4H,3H2,1H3. The molecule has 0 N–H and O–H groups in total. The van der Waals surface area contributed by atoms with Gasteiger partial charge in [0.1, 0.15) is 5.02 Å². The van der Waals surface area contributed by atoms with Gasteiger partial charge in [-0.15, -0.1) is 0 Å². The largest absolute Gasteiger partial charge is 0.295 e. The van der Waals surface area contributed by atoms with Crippen molar-refractivity contribution in [1.82, 2.24) is 0 Å². The third kappa shape index (κ3) is 3.56. The topological polar surface area (TPSA) is 114 Å². The van der Waals surface area contributed by atoms with Crippen LogP contribution in [-0.4, -0.2) is 9.85 Å². The van der Waals surface area contributed by atoms with Crippen LogP contribution in [0.15, 0.2) is 6.07 Å². The predicted molar refractivity (Wildman–Crippen MR) is 105 cm³/mol. The predicted octanol–water partition coefficient (Wildman–Crippen LogP) is 6.44. The van der Waals surface area contributed by atoms with E-state index in [1.807, 2.05) is 6.07 Å². The molecule has 0 heterocycles. The van der Waals surface area contributed by atoms with Crippen LogP contribution in [0, 0.1) is 45.1 Å². The van der Waals surface area contributed by atoms with E-state index in [2.05, 4.69) is 4.85 Å². The lowest BCUT2D eigenvalue weighted by Gasteiger charge is -2.14. The smallest absolute Gasteiger partial charge is 0.258 e. The first-order valence-corrected chi connectivity index (χ1v) is 8.65. The van der Waals surface area contributed by atoms with E-state index in [4.69, 9.17) is 53.0 Å². The Bertz CT molecular complexity index is 1140. The van der Waals surface area contributed by atoms with Crippen LogP contribution < -0.4 is 0 Å². The molecule has 28 heavy (non-hydrogen) atoms. The first-order chi connectivity index (χ1) is 13.1. The molecule has 0 saturated carbocycles. The Morgan fingerprint density at radius 1 is 1.04 bits per heavy atom. The quantitative estimate of drug-likeness (QED) is 0.226. The van der Waals surface area contributed by atoms with Gasteiger partial charge in [0.05, 0.1) is 49.2 Å². The molecule has 8 nitrogen and oxygen atoms in total. The lowest BCUT2D eigenvalue weighted by molar-refractivity contribution is -0.394. The second-order valence-electron chi connectivity index (χ2n) is 5.39. The fraction of sp³-hybridized carbons (Fsp3) is 0.125. The zero-order valence-corrected chi connectivity index (χ0v) is 16.7. The van der Waals surface area contributed by atoms with Crippen molar-refractivity contribution in [2.24, 2.45) is 0 Å². The van der Waals surface area contributed by atoms with Gasteiger partial charge >= 0.3 is 0 Å². The zero-order chi connectivity index (χ0) is 21.3. The Hall–Kier alpha value is -2.62. The highest BCUT2D eigenvalue weighted by Gasteiger charge is 2.30. The normalized spacial score (nSPS) is 10.2. The molecule has 0 fully saturated rings. The summed E-state index contributed by atoms with van der Waals surface area (Å²) in [6.45, 7) is 8.49. The van der Waals surface area contributed by atoms with Gasteiger partial charge in [-0.2, -0.15) is 5.26 Å². The third-order valence-corrected chi connectivity index (χ3v) is 5.68. The first-order valence-electron chi connectivity index (χ1n) is 7.14. The summed E-state index contributed by atoms with van der Waals surface area (Å²) in [6, 6.07) is 2.55. The van der Waals surface area contributed by atoms with Gasteiger partial charge < -0.3 is 0 Å². The molecule has 0 atom stereocenters. The van der Waals surface area contributed by atoms with E-state index in [-0.39, 0.29) is 54.5 Å². The minimum atomic E-state index is -0.835. The van der Waals surface area contributed by atoms with Crippen molar-refractivity contribution >= 4 is 63.5 Å². The van der Waals surface area contributed by atoms with Crippen molar-refractivity contribution in [3.63, 3.8) is 0 Å². The average molecular weight is 460 g/mol. The molecule has 0 aliphatic rings. The molecule has 2 aromatic rings. The highest BCUT2D eigenvalue weighted by molar-refractivity contribution is 6.47. The van der Waals surface area contributed by atoms with Gasteiger partial charge in [-0.05, 0) is 18.1 Å². The van der Waals surface area contributed by atoms with E-state index in [0.717, 1.165) is 6.07 Å². The van der Waals surface area contributed by atoms with Gasteiger partial charge in [-0.1, -0.05) is 46.4 Å².